The Kier molecular flexibility index (Phi) is 5.15. The van der Waals surface area contributed by atoms with Gasteiger partial charge in [-0.2, -0.15) is 0 Å². The zero-order valence-corrected chi connectivity index (χ0v) is 15.0. The third kappa shape index (κ3) is 3.43. The summed E-state index contributed by atoms with van der Waals surface area (Å²) in [5.41, 5.74) is 0.786. The second-order valence-corrected chi connectivity index (χ2v) is 6.65. The van der Waals surface area contributed by atoms with Crippen molar-refractivity contribution in [3.05, 3.63) is 56.3 Å². The van der Waals surface area contributed by atoms with E-state index in [2.05, 4.69) is 9.88 Å². The summed E-state index contributed by atoms with van der Waals surface area (Å²) in [6.07, 6.45) is 0. The van der Waals surface area contributed by atoms with E-state index in [1.165, 1.54) is 28.0 Å². The molecule has 0 saturated carbocycles. The Balaban J connectivity index is 2.08. The molecule has 0 bridgehead atoms. The largest absolute Gasteiger partial charge is 0.329 e. The number of halogens is 1. The summed E-state index contributed by atoms with van der Waals surface area (Å²) in [5.74, 6) is -0.326. The summed E-state index contributed by atoms with van der Waals surface area (Å²) in [7, 11) is 0. The molecule has 0 saturated heterocycles. The number of aromatic nitrogens is 2. The van der Waals surface area contributed by atoms with Gasteiger partial charge in [-0.05, 0) is 30.8 Å². The maximum absolute atomic E-state index is 13.2. The van der Waals surface area contributed by atoms with Gasteiger partial charge in [0.15, 0.2) is 0 Å². The molecule has 3 rings (SSSR count). The van der Waals surface area contributed by atoms with E-state index in [4.69, 9.17) is 0 Å². The van der Waals surface area contributed by atoms with Crippen molar-refractivity contribution in [1.29, 1.82) is 0 Å². The van der Waals surface area contributed by atoms with E-state index in [-0.39, 0.29) is 11.4 Å². The third-order valence-corrected chi connectivity index (χ3v) is 5.30. The molecule has 5 nitrogen and oxygen atoms in total. The summed E-state index contributed by atoms with van der Waals surface area (Å²) in [5, 5.41) is 2.31. The van der Waals surface area contributed by atoms with Crippen LogP contribution in [0.3, 0.4) is 0 Å². The molecule has 0 amide bonds. The van der Waals surface area contributed by atoms with Gasteiger partial charge >= 0.3 is 5.69 Å². The highest BCUT2D eigenvalue weighted by Crippen LogP contribution is 2.30. The number of hydrogen-bond acceptors (Lipinski definition) is 4. The van der Waals surface area contributed by atoms with Gasteiger partial charge in [0.25, 0.3) is 5.56 Å². The average molecular weight is 361 g/mol. The molecule has 0 spiro atoms. The van der Waals surface area contributed by atoms with Crippen molar-refractivity contribution in [2.45, 2.75) is 20.4 Å². The molecule has 0 aliphatic heterocycles. The Bertz CT molecular complexity index is 984. The first-order valence-corrected chi connectivity index (χ1v) is 9.15. The number of fused-ring (bicyclic) bond motifs is 1. The quantitative estimate of drug-likeness (QED) is 0.734. The van der Waals surface area contributed by atoms with Crippen molar-refractivity contribution in [3.8, 4) is 11.1 Å². The fourth-order valence-electron chi connectivity index (χ4n) is 2.88. The van der Waals surface area contributed by atoms with Gasteiger partial charge in [0.1, 0.15) is 10.6 Å². The smallest absolute Gasteiger partial charge is 0.302 e. The number of H-pyrrole nitrogens is 1. The molecule has 0 fully saturated rings. The van der Waals surface area contributed by atoms with Gasteiger partial charge in [0.2, 0.25) is 0 Å². The van der Waals surface area contributed by atoms with Crippen LogP contribution in [0.5, 0.6) is 0 Å². The molecule has 1 N–H and O–H groups in total. The van der Waals surface area contributed by atoms with Crippen LogP contribution >= 0.6 is 11.3 Å². The van der Waals surface area contributed by atoms with Crippen LogP contribution in [0.15, 0.2) is 39.2 Å². The highest BCUT2D eigenvalue weighted by molar-refractivity contribution is 7.17. The van der Waals surface area contributed by atoms with E-state index in [1.807, 2.05) is 19.2 Å². The molecular weight excluding hydrogens is 341 g/mol. The Morgan fingerprint density at radius 2 is 1.84 bits per heavy atom. The van der Waals surface area contributed by atoms with Gasteiger partial charge < -0.3 is 4.90 Å². The van der Waals surface area contributed by atoms with Gasteiger partial charge in [-0.15, -0.1) is 11.3 Å². The average Bonchev–Trinajstić information content (AvgIpc) is 3.02. The van der Waals surface area contributed by atoms with Crippen LogP contribution in [0, 0.1) is 5.82 Å². The van der Waals surface area contributed by atoms with Crippen molar-refractivity contribution in [2.75, 3.05) is 19.6 Å². The minimum absolute atomic E-state index is 0.300. The number of thiophene rings is 1. The molecule has 132 valence electrons. The van der Waals surface area contributed by atoms with Crippen LogP contribution in [-0.4, -0.2) is 34.1 Å². The Hall–Kier alpha value is -2.25. The van der Waals surface area contributed by atoms with E-state index >= 15 is 0 Å². The molecule has 0 atom stereocenters. The maximum atomic E-state index is 13.2. The van der Waals surface area contributed by atoms with Crippen molar-refractivity contribution in [1.82, 2.24) is 14.5 Å². The minimum Gasteiger partial charge on any atom is -0.302 e. The first-order valence-electron chi connectivity index (χ1n) is 8.27. The second kappa shape index (κ2) is 7.33. The van der Waals surface area contributed by atoms with Gasteiger partial charge in [-0.1, -0.05) is 26.0 Å². The number of rotatable bonds is 6. The molecule has 2 heterocycles. The molecule has 0 unspecified atom stereocenters. The molecule has 0 aliphatic carbocycles. The fourth-order valence-corrected chi connectivity index (χ4v) is 3.83. The van der Waals surface area contributed by atoms with Gasteiger partial charge in [-0.25, -0.2) is 9.18 Å². The van der Waals surface area contributed by atoms with E-state index in [1.54, 1.807) is 12.1 Å². The molecule has 25 heavy (non-hydrogen) atoms. The van der Waals surface area contributed by atoms with Gasteiger partial charge in [-0.3, -0.25) is 14.3 Å². The summed E-state index contributed by atoms with van der Waals surface area (Å²) in [6.45, 7) is 6.80. The van der Waals surface area contributed by atoms with Crippen LogP contribution in [0.4, 0.5) is 4.39 Å². The maximum Gasteiger partial charge on any atom is 0.329 e. The lowest BCUT2D eigenvalue weighted by Crippen LogP contribution is -2.39. The predicted molar refractivity (Wildman–Crippen MR) is 99.9 cm³/mol. The Morgan fingerprint density at radius 1 is 1.16 bits per heavy atom. The van der Waals surface area contributed by atoms with Crippen molar-refractivity contribution < 1.29 is 4.39 Å². The second-order valence-electron chi connectivity index (χ2n) is 5.77. The van der Waals surface area contributed by atoms with Crippen LogP contribution in [0.25, 0.3) is 21.3 Å². The monoisotopic (exact) mass is 361 g/mol. The van der Waals surface area contributed by atoms with E-state index < -0.39 is 5.69 Å². The minimum atomic E-state index is -0.392. The molecule has 7 heteroatoms. The molecule has 0 radical (unpaired) electrons. The summed E-state index contributed by atoms with van der Waals surface area (Å²) < 4.78 is 14.4. The molecule has 1 aromatic carbocycles. The Labute approximate surface area is 148 Å². The number of nitrogens with zero attached hydrogens (tertiary/aromatic N) is 2. The first kappa shape index (κ1) is 17.6. The molecule has 3 aromatic rings. The number of nitrogens with one attached hydrogen (secondary N) is 1. The normalized spacial score (nSPS) is 11.5. The highest BCUT2D eigenvalue weighted by atomic mass is 32.1. The molecular formula is C18H20FN3O2S. The zero-order chi connectivity index (χ0) is 18.0. The summed E-state index contributed by atoms with van der Waals surface area (Å²) in [6, 6.07) is 6.01. The summed E-state index contributed by atoms with van der Waals surface area (Å²) in [4.78, 5) is 30.7. The van der Waals surface area contributed by atoms with E-state index in [0.717, 1.165) is 24.2 Å². The molecule has 2 aromatic heterocycles. The third-order valence-electron chi connectivity index (χ3n) is 4.41. The lowest BCUT2D eigenvalue weighted by atomic mass is 10.1. The van der Waals surface area contributed by atoms with Crippen molar-refractivity contribution in [3.63, 3.8) is 0 Å². The first-order chi connectivity index (χ1) is 12.0. The van der Waals surface area contributed by atoms with Gasteiger partial charge in [0.05, 0.1) is 5.39 Å². The topological polar surface area (TPSA) is 58.1 Å². The number of aromatic amines is 1. The van der Waals surface area contributed by atoms with Crippen LogP contribution < -0.4 is 11.2 Å². The zero-order valence-electron chi connectivity index (χ0n) is 14.2. The lowest BCUT2D eigenvalue weighted by molar-refractivity contribution is 0.287. The van der Waals surface area contributed by atoms with Crippen molar-refractivity contribution >= 4 is 21.6 Å². The highest BCUT2D eigenvalue weighted by Gasteiger charge is 2.15. The van der Waals surface area contributed by atoms with E-state index in [9.17, 15) is 14.0 Å². The number of likely N-dealkylation sites (N-methyl/N-ethyl adjacent to an activating group) is 1. The molecule has 0 aliphatic rings. The fraction of sp³-hybridized carbons (Fsp3) is 0.333. The lowest BCUT2D eigenvalue weighted by Gasteiger charge is -2.18. The standard InChI is InChI=1S/C18H20FN3O2S/c1-3-21(4-2)9-10-22-17(23)15-14(11-25-16(15)20-18(22)24)12-5-7-13(19)8-6-12/h5-8,11H,3-4,9-10H2,1-2H3,(H,20,24). The van der Waals surface area contributed by atoms with Gasteiger partial charge in [0, 0.05) is 24.0 Å². The van der Waals surface area contributed by atoms with E-state index in [0.29, 0.717) is 23.3 Å². The van der Waals surface area contributed by atoms with Crippen LogP contribution in [0.2, 0.25) is 0 Å². The number of hydrogen-bond donors (Lipinski definition) is 1. The van der Waals surface area contributed by atoms with Crippen LogP contribution in [-0.2, 0) is 6.54 Å². The predicted octanol–water partition coefficient (Wildman–Crippen LogP) is 2.90. The Morgan fingerprint density at radius 3 is 2.48 bits per heavy atom. The SMILES string of the molecule is CCN(CC)CCn1c(=O)[nH]c2scc(-c3ccc(F)cc3)c2c1=O. The summed E-state index contributed by atoms with van der Waals surface area (Å²) >= 11 is 1.31. The van der Waals surface area contributed by atoms with Crippen molar-refractivity contribution in [2.24, 2.45) is 0 Å². The van der Waals surface area contributed by atoms with Crippen LogP contribution in [0.1, 0.15) is 13.8 Å². The number of benzene rings is 1.